The van der Waals surface area contributed by atoms with Gasteiger partial charge >= 0.3 is 6.18 Å². The van der Waals surface area contributed by atoms with Gasteiger partial charge in [-0.05, 0) is 31.7 Å². The first-order valence-corrected chi connectivity index (χ1v) is 9.23. The van der Waals surface area contributed by atoms with E-state index in [0.717, 1.165) is 38.2 Å². The van der Waals surface area contributed by atoms with Gasteiger partial charge in [0.15, 0.2) is 11.4 Å². The molecule has 1 aliphatic carbocycles. The molecule has 3 heterocycles. The average Bonchev–Trinajstić information content (AvgIpc) is 3.29. The van der Waals surface area contributed by atoms with E-state index in [9.17, 15) is 18.0 Å². The van der Waals surface area contributed by atoms with E-state index >= 15 is 0 Å². The van der Waals surface area contributed by atoms with Crippen molar-refractivity contribution in [1.82, 2.24) is 19.8 Å². The molecule has 0 N–H and O–H groups in total. The molecule has 6 nitrogen and oxygen atoms in total. The van der Waals surface area contributed by atoms with Crippen molar-refractivity contribution < 1.29 is 22.5 Å². The lowest BCUT2D eigenvalue weighted by atomic mass is 10.1. The summed E-state index contributed by atoms with van der Waals surface area (Å²) in [7, 11) is 1.49. The molecule has 146 valence electrons. The van der Waals surface area contributed by atoms with E-state index in [0.29, 0.717) is 30.3 Å². The van der Waals surface area contributed by atoms with Gasteiger partial charge in [-0.15, -0.1) is 0 Å². The van der Waals surface area contributed by atoms with Crippen LogP contribution in [0.1, 0.15) is 78.1 Å². The van der Waals surface area contributed by atoms with Crippen LogP contribution in [0.2, 0.25) is 0 Å². The summed E-state index contributed by atoms with van der Waals surface area (Å²) in [5, 5.41) is 7.52. The van der Waals surface area contributed by atoms with Gasteiger partial charge in [-0.3, -0.25) is 9.48 Å². The first-order chi connectivity index (χ1) is 12.8. The van der Waals surface area contributed by atoms with Crippen molar-refractivity contribution in [3.8, 4) is 0 Å². The van der Waals surface area contributed by atoms with Crippen molar-refractivity contribution in [2.75, 3.05) is 6.54 Å². The summed E-state index contributed by atoms with van der Waals surface area (Å²) in [4.78, 5) is 14.7. The summed E-state index contributed by atoms with van der Waals surface area (Å²) in [5.74, 6) is 0.752. The van der Waals surface area contributed by atoms with Gasteiger partial charge < -0.3 is 9.42 Å². The van der Waals surface area contributed by atoms with E-state index in [4.69, 9.17) is 4.52 Å². The number of carbonyl (C=O) groups is 1. The Morgan fingerprint density at radius 2 is 1.96 bits per heavy atom. The van der Waals surface area contributed by atoms with Crippen molar-refractivity contribution in [2.45, 2.75) is 56.7 Å². The number of aryl methyl sites for hydroxylation is 1. The number of aromatic nitrogens is 3. The lowest BCUT2D eigenvalue weighted by Gasteiger charge is -2.29. The summed E-state index contributed by atoms with van der Waals surface area (Å²) < 4.78 is 45.7. The molecule has 0 unspecified atom stereocenters. The second kappa shape index (κ2) is 6.69. The molecule has 0 aromatic carbocycles. The minimum absolute atomic E-state index is 0.224. The van der Waals surface area contributed by atoms with Crippen LogP contribution in [0.25, 0.3) is 0 Å². The third-order valence-corrected chi connectivity index (χ3v) is 5.29. The normalized spacial score (nSPS) is 21.3. The Kier molecular flexibility index (Phi) is 4.47. The molecule has 0 spiro atoms. The van der Waals surface area contributed by atoms with Crippen molar-refractivity contribution in [1.29, 1.82) is 0 Å². The predicted molar refractivity (Wildman–Crippen MR) is 88.9 cm³/mol. The van der Waals surface area contributed by atoms with Crippen LogP contribution in [0, 0.1) is 0 Å². The Labute approximate surface area is 154 Å². The van der Waals surface area contributed by atoms with Crippen LogP contribution in [-0.2, 0) is 13.2 Å². The number of halogens is 3. The summed E-state index contributed by atoms with van der Waals surface area (Å²) in [6, 6.07) is 2.26. The minimum Gasteiger partial charge on any atom is -0.360 e. The monoisotopic (exact) mass is 382 g/mol. The van der Waals surface area contributed by atoms with Gasteiger partial charge in [-0.25, -0.2) is 0 Å². The molecule has 2 aromatic heterocycles. The highest BCUT2D eigenvalue weighted by molar-refractivity contribution is 5.92. The molecule has 2 aromatic rings. The number of amides is 1. The Balaban J connectivity index is 1.64. The largest absolute Gasteiger partial charge is 0.435 e. The zero-order valence-corrected chi connectivity index (χ0v) is 15.0. The standard InChI is InChI=1S/C18H21F3N4O2/c1-24-14(10-16(22-24)18(19,20)21)13-5-3-2-4-8-25(13)17(26)12-9-15(27-23-12)11-6-7-11/h9-11,13H,2-8H2,1H3/t13-/m1/s1. The van der Waals surface area contributed by atoms with Crippen molar-refractivity contribution in [3.05, 3.63) is 35.0 Å². The van der Waals surface area contributed by atoms with Crippen molar-refractivity contribution >= 4 is 5.91 Å². The van der Waals surface area contributed by atoms with Gasteiger partial charge in [0, 0.05) is 25.6 Å². The Morgan fingerprint density at radius 3 is 2.63 bits per heavy atom. The highest BCUT2D eigenvalue weighted by Gasteiger charge is 2.38. The zero-order chi connectivity index (χ0) is 19.2. The molecule has 9 heteroatoms. The summed E-state index contributed by atoms with van der Waals surface area (Å²) in [6.45, 7) is 0.474. The minimum atomic E-state index is -4.51. The molecule has 2 fully saturated rings. The van der Waals surface area contributed by atoms with Crippen LogP contribution < -0.4 is 0 Å². The predicted octanol–water partition coefficient (Wildman–Crippen LogP) is 4.06. The van der Waals surface area contributed by atoms with E-state index in [1.54, 1.807) is 11.0 Å². The molecular formula is C18H21F3N4O2. The van der Waals surface area contributed by atoms with E-state index in [1.165, 1.54) is 11.7 Å². The van der Waals surface area contributed by atoms with Crippen LogP contribution in [0.3, 0.4) is 0 Å². The zero-order valence-electron chi connectivity index (χ0n) is 15.0. The second-order valence-electron chi connectivity index (χ2n) is 7.33. The summed E-state index contributed by atoms with van der Waals surface area (Å²) >= 11 is 0. The van der Waals surface area contributed by atoms with Crippen molar-refractivity contribution in [2.24, 2.45) is 7.05 Å². The molecule has 1 amide bonds. The highest BCUT2D eigenvalue weighted by Crippen LogP contribution is 2.41. The van der Waals surface area contributed by atoms with E-state index in [2.05, 4.69) is 10.3 Å². The average molecular weight is 382 g/mol. The summed E-state index contributed by atoms with van der Waals surface area (Å²) in [6.07, 6.45) is 0.717. The maximum Gasteiger partial charge on any atom is 0.435 e. The fraction of sp³-hybridized carbons (Fsp3) is 0.611. The Hall–Kier alpha value is -2.32. The van der Waals surface area contributed by atoms with Crippen LogP contribution in [0.15, 0.2) is 16.7 Å². The van der Waals surface area contributed by atoms with E-state index in [-0.39, 0.29) is 11.6 Å². The third-order valence-electron chi connectivity index (χ3n) is 5.29. The number of likely N-dealkylation sites (tertiary alicyclic amines) is 1. The third kappa shape index (κ3) is 3.59. The van der Waals surface area contributed by atoms with Gasteiger partial charge in [-0.1, -0.05) is 18.0 Å². The number of hydrogen-bond acceptors (Lipinski definition) is 4. The number of nitrogens with zero attached hydrogens (tertiary/aromatic N) is 4. The van der Waals surface area contributed by atoms with Gasteiger partial charge in [0.2, 0.25) is 0 Å². The van der Waals surface area contributed by atoms with Crippen LogP contribution in [0.5, 0.6) is 0 Å². The second-order valence-corrected chi connectivity index (χ2v) is 7.33. The molecule has 0 radical (unpaired) electrons. The fourth-order valence-corrected chi connectivity index (χ4v) is 3.69. The Bertz CT molecular complexity index is 838. The first kappa shape index (κ1) is 18.1. The smallest absolute Gasteiger partial charge is 0.360 e. The van der Waals surface area contributed by atoms with Gasteiger partial charge in [0.05, 0.1) is 11.7 Å². The number of hydrogen-bond donors (Lipinski definition) is 0. The fourth-order valence-electron chi connectivity index (χ4n) is 3.69. The maximum atomic E-state index is 13.1. The first-order valence-electron chi connectivity index (χ1n) is 9.23. The Morgan fingerprint density at radius 1 is 1.19 bits per heavy atom. The lowest BCUT2D eigenvalue weighted by Crippen LogP contribution is -2.36. The molecule has 1 atom stereocenters. The van der Waals surface area contributed by atoms with Gasteiger partial charge in [0.1, 0.15) is 5.76 Å². The molecular weight excluding hydrogens is 361 g/mol. The number of rotatable bonds is 3. The number of carbonyl (C=O) groups excluding carboxylic acids is 1. The van der Waals surface area contributed by atoms with Gasteiger partial charge in [0.25, 0.3) is 5.91 Å². The van der Waals surface area contributed by atoms with E-state index < -0.39 is 17.9 Å². The molecule has 4 rings (SSSR count). The lowest BCUT2D eigenvalue weighted by molar-refractivity contribution is -0.141. The van der Waals surface area contributed by atoms with Crippen LogP contribution in [-0.4, -0.2) is 32.3 Å². The van der Waals surface area contributed by atoms with E-state index in [1.807, 2.05) is 0 Å². The van der Waals surface area contributed by atoms with Gasteiger partial charge in [-0.2, -0.15) is 18.3 Å². The quantitative estimate of drug-likeness (QED) is 0.803. The molecule has 1 aliphatic heterocycles. The SMILES string of the molecule is Cn1nc(C(F)(F)F)cc1[C@H]1CCCCCN1C(=O)c1cc(C2CC2)on1. The highest BCUT2D eigenvalue weighted by atomic mass is 19.4. The van der Waals surface area contributed by atoms with Crippen molar-refractivity contribution in [3.63, 3.8) is 0 Å². The number of alkyl halides is 3. The molecule has 27 heavy (non-hydrogen) atoms. The maximum absolute atomic E-state index is 13.1. The van der Waals surface area contributed by atoms with Crippen LogP contribution in [0.4, 0.5) is 13.2 Å². The molecule has 0 bridgehead atoms. The summed E-state index contributed by atoms with van der Waals surface area (Å²) in [5.41, 5.74) is -0.320. The van der Waals surface area contributed by atoms with Crippen LogP contribution >= 0.6 is 0 Å². The molecule has 1 saturated carbocycles. The molecule has 2 aliphatic rings. The molecule has 1 saturated heterocycles. The topological polar surface area (TPSA) is 64.2 Å².